The number of aryl methyl sites for hydroxylation is 1. The van der Waals surface area contributed by atoms with Crippen molar-refractivity contribution < 1.29 is 19.1 Å². The smallest absolute Gasteiger partial charge is 0.339 e. The molecule has 0 heterocycles. The summed E-state index contributed by atoms with van der Waals surface area (Å²) >= 11 is 6.06. The van der Waals surface area contributed by atoms with E-state index in [9.17, 15) is 9.59 Å². The molecule has 2 rings (SSSR count). The van der Waals surface area contributed by atoms with E-state index < -0.39 is 5.97 Å². The minimum Gasteiger partial charge on any atom is -0.495 e. The summed E-state index contributed by atoms with van der Waals surface area (Å²) < 4.78 is 9.96. The van der Waals surface area contributed by atoms with Crippen LogP contribution in [0.4, 0.5) is 11.4 Å². The Hall–Kier alpha value is -2.73. The highest BCUT2D eigenvalue weighted by atomic mass is 35.5. The number of hydrogen-bond acceptors (Lipinski definition) is 5. The number of halogens is 1. The summed E-state index contributed by atoms with van der Waals surface area (Å²) in [6, 6.07) is 10.1. The van der Waals surface area contributed by atoms with Crippen molar-refractivity contribution in [3.05, 3.63) is 52.5 Å². The monoisotopic (exact) mass is 362 g/mol. The zero-order chi connectivity index (χ0) is 18.4. The molecule has 2 aromatic rings. The molecule has 0 aliphatic rings. The fourth-order valence-electron chi connectivity index (χ4n) is 2.22. The van der Waals surface area contributed by atoms with Crippen LogP contribution in [0.15, 0.2) is 36.4 Å². The van der Waals surface area contributed by atoms with Crippen LogP contribution < -0.4 is 15.4 Å². The predicted octanol–water partition coefficient (Wildman–Crippen LogP) is 3.49. The van der Waals surface area contributed by atoms with Gasteiger partial charge < -0.3 is 20.1 Å². The highest BCUT2D eigenvalue weighted by Crippen LogP contribution is 2.30. The number of ether oxygens (including phenoxy) is 2. The quantitative estimate of drug-likeness (QED) is 0.769. The highest BCUT2D eigenvalue weighted by Gasteiger charge is 2.14. The molecule has 25 heavy (non-hydrogen) atoms. The molecule has 0 saturated heterocycles. The number of rotatable bonds is 6. The molecule has 0 unspecified atom stereocenters. The predicted molar refractivity (Wildman–Crippen MR) is 97.6 cm³/mol. The molecule has 0 aliphatic carbocycles. The van der Waals surface area contributed by atoms with E-state index in [1.54, 1.807) is 36.4 Å². The van der Waals surface area contributed by atoms with Gasteiger partial charge in [-0.05, 0) is 30.7 Å². The van der Waals surface area contributed by atoms with Crippen LogP contribution in [0.5, 0.6) is 5.75 Å². The molecule has 0 bridgehead atoms. The molecule has 0 atom stereocenters. The molecule has 1 amide bonds. The third kappa shape index (κ3) is 4.64. The summed E-state index contributed by atoms with van der Waals surface area (Å²) in [7, 11) is 2.82. The molecule has 2 N–H and O–H groups in total. The van der Waals surface area contributed by atoms with Crippen LogP contribution in [0.25, 0.3) is 0 Å². The van der Waals surface area contributed by atoms with Crippen molar-refractivity contribution in [3.63, 3.8) is 0 Å². The highest BCUT2D eigenvalue weighted by molar-refractivity contribution is 6.31. The zero-order valence-electron chi connectivity index (χ0n) is 14.2. The first kappa shape index (κ1) is 18.6. The molecule has 7 heteroatoms. The Morgan fingerprint density at radius 3 is 2.52 bits per heavy atom. The summed E-state index contributed by atoms with van der Waals surface area (Å²) in [4.78, 5) is 23.9. The van der Waals surface area contributed by atoms with Crippen molar-refractivity contribution in [2.45, 2.75) is 6.92 Å². The lowest BCUT2D eigenvalue weighted by atomic mass is 10.2. The maximum Gasteiger partial charge on any atom is 0.339 e. The standard InChI is InChI=1S/C18H19ClN2O4/c1-11-8-15(16(24-2)9-13(11)19)20-10-17(22)21-14-7-5-4-6-12(14)18(23)25-3/h4-9,20H,10H2,1-3H3,(H,21,22). The number of methoxy groups -OCH3 is 2. The van der Waals surface area contributed by atoms with Gasteiger partial charge in [-0.1, -0.05) is 23.7 Å². The maximum absolute atomic E-state index is 12.2. The Morgan fingerprint density at radius 2 is 1.84 bits per heavy atom. The van der Waals surface area contributed by atoms with Gasteiger partial charge in [-0.25, -0.2) is 4.79 Å². The van der Waals surface area contributed by atoms with Gasteiger partial charge >= 0.3 is 5.97 Å². The third-order valence-electron chi connectivity index (χ3n) is 3.53. The molecule has 0 saturated carbocycles. The van der Waals surface area contributed by atoms with Crippen molar-refractivity contribution in [1.29, 1.82) is 0 Å². The van der Waals surface area contributed by atoms with E-state index in [1.807, 2.05) is 6.92 Å². The number of para-hydroxylation sites is 1. The summed E-state index contributed by atoms with van der Waals surface area (Å²) in [5, 5.41) is 6.28. The molecular formula is C18H19ClN2O4. The lowest BCUT2D eigenvalue weighted by Crippen LogP contribution is -2.23. The van der Waals surface area contributed by atoms with Crippen molar-refractivity contribution in [2.24, 2.45) is 0 Å². The van der Waals surface area contributed by atoms with E-state index in [-0.39, 0.29) is 12.5 Å². The van der Waals surface area contributed by atoms with E-state index >= 15 is 0 Å². The van der Waals surface area contributed by atoms with Gasteiger partial charge in [-0.15, -0.1) is 0 Å². The topological polar surface area (TPSA) is 76.7 Å². The average molecular weight is 363 g/mol. The Morgan fingerprint density at radius 1 is 1.12 bits per heavy atom. The van der Waals surface area contributed by atoms with Gasteiger partial charge in [0.15, 0.2) is 0 Å². The SMILES string of the molecule is COC(=O)c1ccccc1NC(=O)CNc1cc(C)c(Cl)cc1OC. The van der Waals surface area contributed by atoms with Crippen molar-refractivity contribution in [3.8, 4) is 5.75 Å². The first-order valence-corrected chi connectivity index (χ1v) is 7.89. The van der Waals surface area contributed by atoms with Crippen LogP contribution in [0, 0.1) is 6.92 Å². The normalized spacial score (nSPS) is 10.1. The number of carbonyl (C=O) groups excluding carboxylic acids is 2. The average Bonchev–Trinajstić information content (AvgIpc) is 2.62. The van der Waals surface area contributed by atoms with Crippen molar-refractivity contribution in [1.82, 2.24) is 0 Å². The zero-order valence-corrected chi connectivity index (χ0v) is 14.9. The van der Waals surface area contributed by atoms with E-state index in [1.165, 1.54) is 14.2 Å². The van der Waals surface area contributed by atoms with Crippen molar-refractivity contribution in [2.75, 3.05) is 31.4 Å². The van der Waals surface area contributed by atoms with Crippen LogP contribution >= 0.6 is 11.6 Å². The number of nitrogens with one attached hydrogen (secondary N) is 2. The lowest BCUT2D eigenvalue weighted by Gasteiger charge is -2.14. The molecule has 2 aromatic carbocycles. The molecule has 0 aliphatic heterocycles. The van der Waals surface area contributed by atoms with Crippen molar-refractivity contribution >= 4 is 34.9 Å². The van der Waals surface area contributed by atoms with Gasteiger partial charge in [0.25, 0.3) is 0 Å². The minimum absolute atomic E-state index is 0.00700. The van der Waals surface area contributed by atoms with Gasteiger partial charge in [0, 0.05) is 11.1 Å². The Kier molecular flexibility index (Phi) is 6.25. The van der Waals surface area contributed by atoms with Crippen LogP contribution in [0.2, 0.25) is 5.02 Å². The second kappa shape index (κ2) is 8.39. The van der Waals surface area contributed by atoms with Gasteiger partial charge in [0.1, 0.15) is 5.75 Å². The summed E-state index contributed by atoms with van der Waals surface area (Å²) in [5.41, 5.74) is 2.20. The summed E-state index contributed by atoms with van der Waals surface area (Å²) in [5.74, 6) is -0.289. The van der Waals surface area contributed by atoms with E-state index in [2.05, 4.69) is 10.6 Å². The largest absolute Gasteiger partial charge is 0.495 e. The molecule has 6 nitrogen and oxygen atoms in total. The summed E-state index contributed by atoms with van der Waals surface area (Å²) in [6.45, 7) is 1.85. The van der Waals surface area contributed by atoms with Gasteiger partial charge in [-0.3, -0.25) is 4.79 Å². The lowest BCUT2D eigenvalue weighted by molar-refractivity contribution is -0.114. The second-order valence-electron chi connectivity index (χ2n) is 5.24. The fourth-order valence-corrected chi connectivity index (χ4v) is 2.37. The van der Waals surface area contributed by atoms with Gasteiger partial charge in [-0.2, -0.15) is 0 Å². The number of anilines is 2. The number of esters is 1. The molecule has 0 spiro atoms. The third-order valence-corrected chi connectivity index (χ3v) is 3.93. The minimum atomic E-state index is -0.515. The molecule has 0 radical (unpaired) electrons. The molecular weight excluding hydrogens is 344 g/mol. The van der Waals surface area contributed by atoms with Crippen LogP contribution in [-0.2, 0) is 9.53 Å². The maximum atomic E-state index is 12.2. The number of hydrogen-bond donors (Lipinski definition) is 2. The van der Waals surface area contributed by atoms with E-state index in [4.69, 9.17) is 21.1 Å². The first-order valence-electron chi connectivity index (χ1n) is 7.51. The van der Waals surface area contributed by atoms with Crippen LogP contribution in [0.3, 0.4) is 0 Å². The van der Waals surface area contributed by atoms with E-state index in [0.717, 1.165) is 5.56 Å². The molecule has 132 valence electrons. The first-order chi connectivity index (χ1) is 12.0. The van der Waals surface area contributed by atoms with Crippen LogP contribution in [-0.4, -0.2) is 32.6 Å². The molecule has 0 aromatic heterocycles. The van der Waals surface area contributed by atoms with E-state index in [0.29, 0.717) is 27.7 Å². The van der Waals surface area contributed by atoms with Crippen LogP contribution in [0.1, 0.15) is 15.9 Å². The Balaban J connectivity index is 2.08. The number of amides is 1. The Labute approximate surface area is 151 Å². The number of benzene rings is 2. The second-order valence-corrected chi connectivity index (χ2v) is 5.65. The van der Waals surface area contributed by atoms with Gasteiger partial charge in [0.05, 0.1) is 37.7 Å². The molecule has 0 fully saturated rings. The number of carbonyl (C=O) groups is 2. The summed E-state index contributed by atoms with van der Waals surface area (Å²) in [6.07, 6.45) is 0. The fraction of sp³-hybridized carbons (Fsp3) is 0.222. The van der Waals surface area contributed by atoms with Gasteiger partial charge in [0.2, 0.25) is 5.91 Å². The Bertz CT molecular complexity index is 793.